The van der Waals surface area contributed by atoms with E-state index < -0.39 is 0 Å². The summed E-state index contributed by atoms with van der Waals surface area (Å²) < 4.78 is 1.69. The second kappa shape index (κ2) is 2.20. The number of anilines is 1. The lowest BCUT2D eigenvalue weighted by Gasteiger charge is -1.93. The monoisotopic (exact) mass is 162 g/mol. The average Bonchev–Trinajstić information content (AvgIpc) is 2.28. The molecule has 0 saturated carbocycles. The largest absolute Gasteiger partial charge is 0.382 e. The van der Waals surface area contributed by atoms with Gasteiger partial charge in [0.15, 0.2) is 11.5 Å². The highest BCUT2D eigenvalue weighted by Gasteiger charge is 2.05. The Kier molecular flexibility index (Phi) is 1.30. The summed E-state index contributed by atoms with van der Waals surface area (Å²) >= 11 is 0. The molecule has 2 aromatic rings. The molecule has 2 rings (SSSR count). The van der Waals surface area contributed by atoms with Gasteiger partial charge in [-0.05, 0) is 19.1 Å². The molecule has 0 aliphatic carbocycles. The molecule has 12 heavy (non-hydrogen) atoms. The number of hydrogen-bond donors (Lipinski definition) is 1. The van der Waals surface area contributed by atoms with Gasteiger partial charge in [0, 0.05) is 12.7 Å². The minimum Gasteiger partial charge on any atom is -0.382 e. The van der Waals surface area contributed by atoms with Crippen molar-refractivity contribution in [1.82, 2.24) is 14.8 Å². The van der Waals surface area contributed by atoms with Gasteiger partial charge in [0.2, 0.25) is 0 Å². The zero-order valence-electron chi connectivity index (χ0n) is 7.07. The molecule has 4 nitrogen and oxygen atoms in total. The molecule has 0 atom stereocenters. The van der Waals surface area contributed by atoms with E-state index in [2.05, 4.69) is 10.1 Å². The van der Waals surface area contributed by atoms with Gasteiger partial charge in [-0.2, -0.15) is 5.10 Å². The molecule has 0 bridgehead atoms. The minimum absolute atomic E-state index is 0.542. The zero-order chi connectivity index (χ0) is 8.72. The van der Waals surface area contributed by atoms with Crippen LogP contribution in [0.1, 0.15) is 5.69 Å². The van der Waals surface area contributed by atoms with Gasteiger partial charge >= 0.3 is 0 Å². The number of pyridine rings is 1. The molecule has 0 amide bonds. The van der Waals surface area contributed by atoms with E-state index in [1.165, 1.54) is 0 Å². The summed E-state index contributed by atoms with van der Waals surface area (Å²) in [6.45, 7) is 1.95. The lowest BCUT2D eigenvalue weighted by molar-refractivity contribution is 0.789. The van der Waals surface area contributed by atoms with Gasteiger partial charge in [-0.15, -0.1) is 0 Å². The molecule has 0 unspecified atom stereocenters. The van der Waals surface area contributed by atoms with Crippen LogP contribution in [0.3, 0.4) is 0 Å². The summed E-state index contributed by atoms with van der Waals surface area (Å²) in [6, 6.07) is 3.88. The number of rotatable bonds is 0. The van der Waals surface area contributed by atoms with Crippen molar-refractivity contribution >= 4 is 16.9 Å². The molecule has 2 heterocycles. The Balaban J connectivity index is 2.90. The first-order valence-electron chi connectivity index (χ1n) is 3.74. The number of nitrogens with zero attached hydrogens (tertiary/aromatic N) is 3. The van der Waals surface area contributed by atoms with E-state index in [0.717, 1.165) is 16.7 Å². The quantitative estimate of drug-likeness (QED) is 0.625. The maximum Gasteiger partial charge on any atom is 0.159 e. The molecule has 0 aromatic carbocycles. The molecule has 62 valence electrons. The van der Waals surface area contributed by atoms with Gasteiger partial charge in [0.05, 0.1) is 5.39 Å². The molecular weight excluding hydrogens is 152 g/mol. The van der Waals surface area contributed by atoms with Crippen molar-refractivity contribution in [3.8, 4) is 0 Å². The molecule has 0 aliphatic rings. The van der Waals surface area contributed by atoms with E-state index in [1.807, 2.05) is 26.1 Å². The van der Waals surface area contributed by atoms with E-state index in [9.17, 15) is 0 Å². The lowest BCUT2D eigenvalue weighted by Crippen LogP contribution is -1.93. The fourth-order valence-electron chi connectivity index (χ4n) is 1.25. The zero-order valence-corrected chi connectivity index (χ0v) is 7.07. The second-order valence-corrected chi connectivity index (χ2v) is 2.83. The second-order valence-electron chi connectivity index (χ2n) is 2.83. The molecule has 0 fully saturated rings. The van der Waals surface area contributed by atoms with Crippen molar-refractivity contribution in [2.45, 2.75) is 6.92 Å². The Morgan fingerprint density at radius 2 is 2.17 bits per heavy atom. The Labute approximate surface area is 70.0 Å². The molecule has 0 radical (unpaired) electrons. The van der Waals surface area contributed by atoms with Crippen molar-refractivity contribution in [3.05, 3.63) is 17.8 Å². The normalized spacial score (nSPS) is 10.8. The Hall–Kier alpha value is -1.58. The summed E-state index contributed by atoms with van der Waals surface area (Å²) in [5.74, 6) is 0.542. The van der Waals surface area contributed by atoms with Crippen LogP contribution in [0.5, 0.6) is 0 Å². The third kappa shape index (κ3) is 0.845. The number of aromatic nitrogens is 3. The van der Waals surface area contributed by atoms with Crippen molar-refractivity contribution in [2.24, 2.45) is 7.05 Å². The first-order valence-corrected chi connectivity index (χ1v) is 3.74. The molecular formula is C8H10N4. The summed E-state index contributed by atoms with van der Waals surface area (Å²) in [5.41, 5.74) is 7.47. The first kappa shape index (κ1) is 7.09. The van der Waals surface area contributed by atoms with Gasteiger partial charge in [0.25, 0.3) is 0 Å². The Morgan fingerprint density at radius 3 is 2.92 bits per heavy atom. The maximum atomic E-state index is 5.66. The number of aryl methyl sites for hydroxylation is 2. The topological polar surface area (TPSA) is 56.7 Å². The van der Waals surface area contributed by atoms with Crippen LogP contribution < -0.4 is 5.73 Å². The fourth-order valence-corrected chi connectivity index (χ4v) is 1.25. The maximum absolute atomic E-state index is 5.66. The van der Waals surface area contributed by atoms with Crippen LogP contribution in [0.15, 0.2) is 12.1 Å². The van der Waals surface area contributed by atoms with E-state index in [4.69, 9.17) is 5.73 Å². The SMILES string of the molecule is Cc1ccc2c(N)nn(C)c2n1. The van der Waals surface area contributed by atoms with E-state index in [0.29, 0.717) is 5.82 Å². The van der Waals surface area contributed by atoms with Crippen LogP contribution in [0.2, 0.25) is 0 Å². The van der Waals surface area contributed by atoms with E-state index in [1.54, 1.807) is 4.68 Å². The van der Waals surface area contributed by atoms with E-state index in [-0.39, 0.29) is 0 Å². The molecule has 2 aromatic heterocycles. The van der Waals surface area contributed by atoms with Crippen molar-refractivity contribution in [3.63, 3.8) is 0 Å². The summed E-state index contributed by atoms with van der Waals surface area (Å²) in [7, 11) is 1.84. The summed E-state index contributed by atoms with van der Waals surface area (Å²) in [5, 5.41) is 4.98. The average molecular weight is 162 g/mol. The highest BCUT2D eigenvalue weighted by Crippen LogP contribution is 2.17. The molecule has 2 N–H and O–H groups in total. The molecule has 0 saturated heterocycles. The van der Waals surface area contributed by atoms with Gasteiger partial charge in [-0.25, -0.2) is 9.67 Å². The number of nitrogen functional groups attached to an aromatic ring is 1. The summed E-state index contributed by atoms with van der Waals surface area (Å²) in [4.78, 5) is 4.32. The van der Waals surface area contributed by atoms with Crippen LogP contribution in [0, 0.1) is 6.92 Å². The van der Waals surface area contributed by atoms with Crippen LogP contribution >= 0.6 is 0 Å². The van der Waals surface area contributed by atoms with Crippen molar-refractivity contribution in [2.75, 3.05) is 5.73 Å². The number of nitrogens with two attached hydrogens (primary N) is 1. The standard InChI is InChI=1S/C8H10N4/c1-5-3-4-6-7(9)11-12(2)8(6)10-5/h3-4H,1-2H3,(H2,9,11). The van der Waals surface area contributed by atoms with Gasteiger partial charge < -0.3 is 5.73 Å². The van der Waals surface area contributed by atoms with Crippen LogP contribution in [-0.2, 0) is 7.05 Å². The Bertz CT molecular complexity index is 430. The fraction of sp³-hybridized carbons (Fsp3) is 0.250. The van der Waals surface area contributed by atoms with Gasteiger partial charge in [-0.3, -0.25) is 0 Å². The first-order chi connectivity index (χ1) is 5.68. The lowest BCUT2D eigenvalue weighted by atomic mass is 10.3. The number of hydrogen-bond acceptors (Lipinski definition) is 3. The number of fused-ring (bicyclic) bond motifs is 1. The third-order valence-electron chi connectivity index (χ3n) is 1.85. The molecule has 0 spiro atoms. The van der Waals surface area contributed by atoms with Gasteiger partial charge in [-0.1, -0.05) is 0 Å². The van der Waals surface area contributed by atoms with Crippen LogP contribution in [0.25, 0.3) is 11.0 Å². The van der Waals surface area contributed by atoms with E-state index >= 15 is 0 Å². The highest BCUT2D eigenvalue weighted by molar-refractivity contribution is 5.86. The highest BCUT2D eigenvalue weighted by atomic mass is 15.3. The molecule has 0 aliphatic heterocycles. The van der Waals surface area contributed by atoms with Gasteiger partial charge in [0.1, 0.15) is 0 Å². The minimum atomic E-state index is 0.542. The summed E-state index contributed by atoms with van der Waals surface area (Å²) in [6.07, 6.45) is 0. The van der Waals surface area contributed by atoms with Crippen LogP contribution in [-0.4, -0.2) is 14.8 Å². The molecule has 4 heteroatoms. The predicted octanol–water partition coefficient (Wildman–Crippen LogP) is 0.859. The van der Waals surface area contributed by atoms with Crippen molar-refractivity contribution < 1.29 is 0 Å². The van der Waals surface area contributed by atoms with Crippen LogP contribution in [0.4, 0.5) is 5.82 Å². The predicted molar refractivity (Wildman–Crippen MR) is 47.7 cm³/mol. The van der Waals surface area contributed by atoms with Crippen molar-refractivity contribution in [1.29, 1.82) is 0 Å². The smallest absolute Gasteiger partial charge is 0.159 e. The third-order valence-corrected chi connectivity index (χ3v) is 1.85. The Morgan fingerprint density at radius 1 is 1.42 bits per heavy atom.